The zero-order valence-corrected chi connectivity index (χ0v) is 10.9. The molecule has 2 rings (SSSR count). The van der Waals surface area contributed by atoms with Crippen LogP contribution in [0.3, 0.4) is 0 Å². The van der Waals surface area contributed by atoms with Crippen LogP contribution in [0.25, 0.3) is 0 Å². The first kappa shape index (κ1) is 13.8. The number of benzene rings is 1. The van der Waals surface area contributed by atoms with Crippen molar-refractivity contribution >= 4 is 11.6 Å². The van der Waals surface area contributed by atoms with Gasteiger partial charge in [-0.2, -0.15) is 0 Å². The van der Waals surface area contributed by atoms with Crippen LogP contribution in [-0.4, -0.2) is 47.8 Å². The third kappa shape index (κ3) is 3.04. The molecule has 2 unspecified atom stereocenters. The lowest BCUT2D eigenvalue weighted by Crippen LogP contribution is -2.50. The number of para-hydroxylation sites is 1. The quantitative estimate of drug-likeness (QED) is 0.536. The van der Waals surface area contributed by atoms with E-state index in [1.807, 2.05) is 13.0 Å². The Morgan fingerprint density at radius 3 is 2.95 bits per heavy atom. The Morgan fingerprint density at radius 2 is 2.26 bits per heavy atom. The number of morpholine rings is 1. The fourth-order valence-corrected chi connectivity index (χ4v) is 2.28. The number of nitrogens with one attached hydrogen (secondary N) is 1. The first-order valence-electron chi connectivity index (χ1n) is 6.27. The second-order valence-electron chi connectivity index (χ2n) is 4.65. The highest BCUT2D eigenvalue weighted by atomic mass is 16.5. The van der Waals surface area contributed by atoms with E-state index in [0.29, 0.717) is 24.3 Å². The van der Waals surface area contributed by atoms with Crippen LogP contribution in [0.5, 0.6) is 0 Å². The van der Waals surface area contributed by atoms with Crippen LogP contribution in [0, 0.1) is 0 Å². The summed E-state index contributed by atoms with van der Waals surface area (Å²) in [5.41, 5.74) is 3.64. The molecule has 1 fully saturated rings. The molecule has 1 heterocycles. The van der Waals surface area contributed by atoms with Gasteiger partial charge in [-0.05, 0) is 19.1 Å². The Balaban J connectivity index is 2.18. The van der Waals surface area contributed by atoms with Gasteiger partial charge in [-0.25, -0.2) is 0 Å². The van der Waals surface area contributed by atoms with Gasteiger partial charge in [0.15, 0.2) is 0 Å². The first-order valence-corrected chi connectivity index (χ1v) is 6.27. The molecule has 1 aromatic rings. The zero-order chi connectivity index (χ0) is 13.8. The van der Waals surface area contributed by atoms with Crippen LogP contribution in [0.15, 0.2) is 24.3 Å². The second kappa shape index (κ2) is 6.01. The molecule has 0 radical (unpaired) electrons. The van der Waals surface area contributed by atoms with E-state index in [0.717, 1.165) is 0 Å². The summed E-state index contributed by atoms with van der Waals surface area (Å²) in [6.07, 6.45) is -0.418. The number of nitrogen functional groups attached to an aromatic ring is 1. The maximum Gasteiger partial charge on any atom is 0.256 e. The lowest BCUT2D eigenvalue weighted by Gasteiger charge is -2.36. The van der Waals surface area contributed by atoms with Crippen molar-refractivity contribution in [3.8, 4) is 0 Å². The van der Waals surface area contributed by atoms with Crippen LogP contribution in [0.2, 0.25) is 0 Å². The van der Waals surface area contributed by atoms with Gasteiger partial charge in [0, 0.05) is 13.1 Å². The normalized spacial score (nSPS) is 23.2. The number of rotatable bonds is 3. The molecule has 0 aliphatic carbocycles. The number of anilines is 1. The van der Waals surface area contributed by atoms with Gasteiger partial charge < -0.3 is 20.2 Å². The summed E-state index contributed by atoms with van der Waals surface area (Å²) in [5.74, 6) is 5.30. The van der Waals surface area contributed by atoms with Crippen molar-refractivity contribution in [3.05, 3.63) is 29.8 Å². The molecule has 0 bridgehead atoms. The molecule has 1 aromatic carbocycles. The third-order valence-corrected chi connectivity index (χ3v) is 3.13. The highest BCUT2D eigenvalue weighted by Gasteiger charge is 2.29. The molecule has 4 N–H and O–H groups in total. The SMILES string of the molecule is CC1CN(C(=O)c2ccccc2NN)CC(CO)O1. The predicted molar refractivity (Wildman–Crippen MR) is 71.6 cm³/mol. The highest BCUT2D eigenvalue weighted by Crippen LogP contribution is 2.19. The minimum absolute atomic E-state index is 0.0900. The van der Waals surface area contributed by atoms with Gasteiger partial charge in [-0.3, -0.25) is 10.6 Å². The second-order valence-corrected chi connectivity index (χ2v) is 4.65. The number of carbonyl (C=O) groups is 1. The van der Waals surface area contributed by atoms with E-state index in [4.69, 9.17) is 10.6 Å². The van der Waals surface area contributed by atoms with E-state index in [9.17, 15) is 9.90 Å². The summed E-state index contributed by atoms with van der Waals surface area (Å²) in [7, 11) is 0. The number of aliphatic hydroxyl groups is 1. The maximum absolute atomic E-state index is 12.5. The highest BCUT2D eigenvalue weighted by molar-refractivity contribution is 5.99. The summed E-state index contributed by atoms with van der Waals surface area (Å²) >= 11 is 0. The van der Waals surface area contributed by atoms with Crippen LogP contribution in [0.1, 0.15) is 17.3 Å². The molecule has 1 aliphatic heterocycles. The molecule has 2 atom stereocenters. The van der Waals surface area contributed by atoms with E-state index in [2.05, 4.69) is 5.43 Å². The maximum atomic E-state index is 12.5. The van der Waals surface area contributed by atoms with Crippen LogP contribution >= 0.6 is 0 Å². The topological polar surface area (TPSA) is 87.8 Å². The fraction of sp³-hybridized carbons (Fsp3) is 0.462. The molecular weight excluding hydrogens is 246 g/mol. The molecule has 1 amide bonds. The van der Waals surface area contributed by atoms with Crippen molar-refractivity contribution in [1.82, 2.24) is 4.90 Å². The lowest BCUT2D eigenvalue weighted by atomic mass is 10.1. The third-order valence-electron chi connectivity index (χ3n) is 3.13. The standard InChI is InChI=1S/C13H19N3O3/c1-9-6-16(7-10(8-17)19-9)13(18)11-4-2-3-5-12(11)15-14/h2-5,9-10,15,17H,6-8,14H2,1H3. The number of nitrogens with two attached hydrogens (primary N) is 1. The van der Waals surface area contributed by atoms with E-state index < -0.39 is 0 Å². The van der Waals surface area contributed by atoms with E-state index in [1.54, 1.807) is 23.1 Å². The van der Waals surface area contributed by atoms with Crippen molar-refractivity contribution in [1.29, 1.82) is 0 Å². The summed E-state index contributed by atoms with van der Waals surface area (Å²) < 4.78 is 5.52. The van der Waals surface area contributed by atoms with Crippen LogP contribution < -0.4 is 11.3 Å². The van der Waals surface area contributed by atoms with Gasteiger partial charge >= 0.3 is 0 Å². The summed E-state index contributed by atoms with van der Waals surface area (Å²) in [6.45, 7) is 2.69. The molecule has 19 heavy (non-hydrogen) atoms. The molecule has 0 aromatic heterocycles. The summed E-state index contributed by atoms with van der Waals surface area (Å²) in [5, 5.41) is 9.18. The Bertz CT molecular complexity index is 453. The number of nitrogens with zero attached hydrogens (tertiary/aromatic N) is 1. The monoisotopic (exact) mass is 265 g/mol. The van der Waals surface area contributed by atoms with E-state index in [-0.39, 0.29) is 24.7 Å². The number of hydrogen-bond acceptors (Lipinski definition) is 5. The van der Waals surface area contributed by atoms with Gasteiger partial charge in [0.05, 0.1) is 30.1 Å². The minimum Gasteiger partial charge on any atom is -0.394 e. The first-order chi connectivity index (χ1) is 9.15. The molecular formula is C13H19N3O3. The summed E-state index contributed by atoms with van der Waals surface area (Å²) in [6, 6.07) is 7.08. The fourth-order valence-electron chi connectivity index (χ4n) is 2.28. The number of ether oxygens (including phenoxy) is 1. The Labute approximate surface area is 112 Å². The average molecular weight is 265 g/mol. The minimum atomic E-state index is -0.328. The molecule has 6 heteroatoms. The van der Waals surface area contributed by atoms with Gasteiger partial charge in [0.2, 0.25) is 0 Å². The van der Waals surface area contributed by atoms with Gasteiger partial charge in [0.1, 0.15) is 0 Å². The predicted octanol–water partition coefficient (Wildman–Crippen LogP) is 0.194. The van der Waals surface area contributed by atoms with Gasteiger partial charge in [-0.15, -0.1) is 0 Å². The lowest BCUT2D eigenvalue weighted by molar-refractivity contribution is -0.0858. The number of hydrazine groups is 1. The smallest absolute Gasteiger partial charge is 0.256 e. The van der Waals surface area contributed by atoms with Crippen molar-refractivity contribution in [2.24, 2.45) is 5.84 Å². The van der Waals surface area contributed by atoms with E-state index in [1.165, 1.54) is 0 Å². The number of amides is 1. The molecule has 104 valence electrons. The zero-order valence-electron chi connectivity index (χ0n) is 10.9. The van der Waals surface area contributed by atoms with Crippen molar-refractivity contribution in [2.75, 3.05) is 25.1 Å². The van der Waals surface area contributed by atoms with Crippen molar-refractivity contribution in [3.63, 3.8) is 0 Å². The molecule has 6 nitrogen and oxygen atoms in total. The largest absolute Gasteiger partial charge is 0.394 e. The Kier molecular flexibility index (Phi) is 4.36. The van der Waals surface area contributed by atoms with Crippen molar-refractivity contribution < 1.29 is 14.6 Å². The van der Waals surface area contributed by atoms with Crippen molar-refractivity contribution in [2.45, 2.75) is 19.1 Å². The molecule has 0 spiro atoms. The Morgan fingerprint density at radius 1 is 1.53 bits per heavy atom. The molecule has 1 aliphatic rings. The average Bonchev–Trinajstić information content (AvgIpc) is 2.45. The van der Waals surface area contributed by atoms with Gasteiger partial charge in [-0.1, -0.05) is 12.1 Å². The van der Waals surface area contributed by atoms with Crippen LogP contribution in [-0.2, 0) is 4.74 Å². The molecule has 0 saturated carbocycles. The van der Waals surface area contributed by atoms with Crippen LogP contribution in [0.4, 0.5) is 5.69 Å². The number of aliphatic hydroxyl groups excluding tert-OH is 1. The number of hydrogen-bond donors (Lipinski definition) is 3. The Hall–Kier alpha value is -1.63. The summed E-state index contributed by atoms with van der Waals surface area (Å²) in [4.78, 5) is 14.2. The van der Waals surface area contributed by atoms with E-state index >= 15 is 0 Å². The van der Waals surface area contributed by atoms with Gasteiger partial charge in [0.25, 0.3) is 5.91 Å². The number of carbonyl (C=O) groups excluding carboxylic acids is 1. The molecule has 1 saturated heterocycles.